The lowest BCUT2D eigenvalue weighted by atomic mass is 10.0. The number of nitrogens with zero attached hydrogens (tertiary/aromatic N) is 2. The third kappa shape index (κ3) is 3.01. The number of hydrogen-bond donors (Lipinski definition) is 2. The van der Waals surface area contributed by atoms with Crippen molar-refractivity contribution in [2.45, 2.75) is 39.2 Å². The summed E-state index contributed by atoms with van der Waals surface area (Å²) in [5, 5.41) is 3.18. The summed E-state index contributed by atoms with van der Waals surface area (Å²) >= 11 is 0. The van der Waals surface area contributed by atoms with E-state index in [1.165, 1.54) is 0 Å². The molecule has 1 aliphatic rings. The summed E-state index contributed by atoms with van der Waals surface area (Å²) in [6.45, 7) is 4.60. The molecule has 5 heteroatoms. The van der Waals surface area contributed by atoms with Gasteiger partial charge in [-0.1, -0.05) is 12.5 Å². The third-order valence-corrected chi connectivity index (χ3v) is 4.83. The number of nitrogens with two attached hydrogens (primary N) is 1. The van der Waals surface area contributed by atoms with E-state index in [0.29, 0.717) is 12.5 Å². The first-order valence-corrected chi connectivity index (χ1v) is 8.23. The highest BCUT2D eigenvalue weighted by molar-refractivity contribution is 5.96. The van der Waals surface area contributed by atoms with Crippen molar-refractivity contribution in [1.82, 2.24) is 14.9 Å². The number of pyridine rings is 1. The number of nitrogens with one attached hydrogen (secondary N) is 1. The molecular weight excluding hydrogens is 288 g/mol. The first-order valence-electron chi connectivity index (χ1n) is 8.23. The molecule has 122 valence electrons. The third-order valence-electron chi connectivity index (χ3n) is 4.83. The van der Waals surface area contributed by atoms with E-state index in [0.717, 1.165) is 42.0 Å². The van der Waals surface area contributed by atoms with Gasteiger partial charge in [0, 0.05) is 23.6 Å². The average molecular weight is 312 g/mol. The zero-order valence-corrected chi connectivity index (χ0v) is 13.7. The zero-order chi connectivity index (χ0) is 16.4. The molecule has 2 heterocycles. The minimum atomic E-state index is -0.00867. The topological polar surface area (TPSA) is 72.9 Å². The standard InChI is InChI=1S/C18H24N4O/c1-12-10-15(13(2)22(12)17-8-3-4-9-20-17)18(23)21-16-7-5-6-14(16)11-19/h3-4,8-10,14,16H,5-7,11,19H2,1-2H3,(H,21,23). The van der Waals surface area contributed by atoms with Crippen molar-refractivity contribution in [3.8, 4) is 5.82 Å². The molecule has 0 aromatic carbocycles. The van der Waals surface area contributed by atoms with Gasteiger partial charge in [0.05, 0.1) is 5.56 Å². The van der Waals surface area contributed by atoms with Crippen LogP contribution in [0.1, 0.15) is 41.0 Å². The van der Waals surface area contributed by atoms with Crippen molar-refractivity contribution in [1.29, 1.82) is 0 Å². The molecule has 0 radical (unpaired) electrons. The summed E-state index contributed by atoms with van der Waals surface area (Å²) in [5.41, 5.74) is 8.45. The number of aromatic nitrogens is 2. The van der Waals surface area contributed by atoms with Gasteiger partial charge in [-0.25, -0.2) is 4.98 Å². The Kier molecular flexibility index (Phi) is 4.48. The molecule has 0 spiro atoms. The average Bonchev–Trinajstić information content (AvgIpc) is 3.12. The number of aryl methyl sites for hydroxylation is 1. The molecule has 2 aromatic heterocycles. The van der Waals surface area contributed by atoms with Gasteiger partial charge in [-0.2, -0.15) is 0 Å². The molecule has 5 nitrogen and oxygen atoms in total. The minimum Gasteiger partial charge on any atom is -0.349 e. The summed E-state index contributed by atoms with van der Waals surface area (Å²) in [6.07, 6.45) is 5.03. The second-order valence-corrected chi connectivity index (χ2v) is 6.31. The van der Waals surface area contributed by atoms with Gasteiger partial charge in [-0.3, -0.25) is 4.79 Å². The predicted molar refractivity (Wildman–Crippen MR) is 90.7 cm³/mol. The first-order chi connectivity index (χ1) is 11.1. The van der Waals surface area contributed by atoms with Gasteiger partial charge in [0.15, 0.2) is 0 Å². The largest absolute Gasteiger partial charge is 0.349 e. The first kappa shape index (κ1) is 15.7. The van der Waals surface area contributed by atoms with Crippen molar-refractivity contribution in [2.75, 3.05) is 6.54 Å². The van der Waals surface area contributed by atoms with Crippen molar-refractivity contribution in [3.05, 3.63) is 47.4 Å². The van der Waals surface area contributed by atoms with Crippen LogP contribution in [-0.2, 0) is 0 Å². The maximum Gasteiger partial charge on any atom is 0.253 e. The van der Waals surface area contributed by atoms with E-state index in [1.807, 2.05) is 42.7 Å². The lowest BCUT2D eigenvalue weighted by Gasteiger charge is -2.19. The van der Waals surface area contributed by atoms with E-state index in [4.69, 9.17) is 5.73 Å². The Bertz CT molecular complexity index is 693. The predicted octanol–water partition coefficient (Wildman–Crippen LogP) is 2.35. The Labute approximate surface area is 136 Å². The van der Waals surface area contributed by atoms with Crippen molar-refractivity contribution in [2.24, 2.45) is 11.7 Å². The summed E-state index contributed by atoms with van der Waals surface area (Å²) in [5.74, 6) is 1.23. The Balaban J connectivity index is 1.85. The number of hydrogen-bond acceptors (Lipinski definition) is 3. The van der Waals surface area contributed by atoms with Gasteiger partial charge in [-0.15, -0.1) is 0 Å². The lowest BCUT2D eigenvalue weighted by molar-refractivity contribution is 0.0928. The number of rotatable bonds is 4. The van der Waals surface area contributed by atoms with Crippen LogP contribution in [0.25, 0.3) is 5.82 Å². The highest BCUT2D eigenvalue weighted by atomic mass is 16.1. The molecular formula is C18H24N4O. The van der Waals surface area contributed by atoms with E-state index in [1.54, 1.807) is 6.20 Å². The molecule has 0 bridgehead atoms. The molecule has 1 amide bonds. The van der Waals surface area contributed by atoms with Gasteiger partial charge in [0.2, 0.25) is 0 Å². The lowest BCUT2D eigenvalue weighted by Crippen LogP contribution is -2.40. The van der Waals surface area contributed by atoms with Crippen molar-refractivity contribution < 1.29 is 4.79 Å². The normalized spacial score (nSPS) is 20.7. The number of carbonyl (C=O) groups is 1. The fraction of sp³-hybridized carbons (Fsp3) is 0.444. The quantitative estimate of drug-likeness (QED) is 0.910. The van der Waals surface area contributed by atoms with E-state index >= 15 is 0 Å². The maximum absolute atomic E-state index is 12.7. The van der Waals surface area contributed by atoms with Gasteiger partial charge in [0.1, 0.15) is 5.82 Å². The molecule has 3 N–H and O–H groups in total. The molecule has 3 rings (SSSR count). The fourth-order valence-electron chi connectivity index (χ4n) is 3.59. The molecule has 1 aliphatic carbocycles. The van der Waals surface area contributed by atoms with Crippen LogP contribution in [0.3, 0.4) is 0 Å². The van der Waals surface area contributed by atoms with Gasteiger partial charge in [-0.05, 0) is 57.4 Å². The molecule has 0 aliphatic heterocycles. The van der Waals surface area contributed by atoms with Crippen molar-refractivity contribution >= 4 is 5.91 Å². The molecule has 1 saturated carbocycles. The SMILES string of the molecule is Cc1cc(C(=O)NC2CCCC2CN)c(C)n1-c1ccccn1. The zero-order valence-electron chi connectivity index (χ0n) is 13.7. The van der Waals surface area contributed by atoms with Gasteiger partial charge in [0.25, 0.3) is 5.91 Å². The summed E-state index contributed by atoms with van der Waals surface area (Å²) in [6, 6.07) is 7.92. The number of amides is 1. The second kappa shape index (κ2) is 6.54. The van der Waals surface area contributed by atoms with Crippen LogP contribution in [0.4, 0.5) is 0 Å². The molecule has 23 heavy (non-hydrogen) atoms. The summed E-state index contributed by atoms with van der Waals surface area (Å²) < 4.78 is 2.02. The molecule has 1 fully saturated rings. The van der Waals surface area contributed by atoms with Crippen LogP contribution in [0.5, 0.6) is 0 Å². The van der Waals surface area contributed by atoms with E-state index in [9.17, 15) is 4.79 Å². The van der Waals surface area contributed by atoms with E-state index in [2.05, 4.69) is 10.3 Å². The maximum atomic E-state index is 12.7. The monoisotopic (exact) mass is 312 g/mol. The van der Waals surface area contributed by atoms with Crippen LogP contribution >= 0.6 is 0 Å². The van der Waals surface area contributed by atoms with Crippen LogP contribution < -0.4 is 11.1 Å². The fourth-order valence-corrected chi connectivity index (χ4v) is 3.59. The Morgan fingerprint density at radius 3 is 2.91 bits per heavy atom. The van der Waals surface area contributed by atoms with Crippen LogP contribution in [-0.4, -0.2) is 28.0 Å². The number of carbonyl (C=O) groups excluding carboxylic acids is 1. The highest BCUT2D eigenvalue weighted by Crippen LogP contribution is 2.26. The second-order valence-electron chi connectivity index (χ2n) is 6.31. The van der Waals surface area contributed by atoms with E-state index < -0.39 is 0 Å². The molecule has 0 saturated heterocycles. The van der Waals surface area contributed by atoms with Gasteiger partial charge >= 0.3 is 0 Å². The van der Waals surface area contributed by atoms with Crippen LogP contribution in [0, 0.1) is 19.8 Å². The van der Waals surface area contributed by atoms with Gasteiger partial charge < -0.3 is 15.6 Å². The van der Waals surface area contributed by atoms with Crippen LogP contribution in [0.15, 0.2) is 30.5 Å². The smallest absolute Gasteiger partial charge is 0.253 e. The van der Waals surface area contributed by atoms with Crippen molar-refractivity contribution in [3.63, 3.8) is 0 Å². The van der Waals surface area contributed by atoms with Crippen LogP contribution in [0.2, 0.25) is 0 Å². The summed E-state index contributed by atoms with van der Waals surface area (Å²) in [4.78, 5) is 17.1. The summed E-state index contributed by atoms with van der Waals surface area (Å²) in [7, 11) is 0. The highest BCUT2D eigenvalue weighted by Gasteiger charge is 2.28. The minimum absolute atomic E-state index is 0.00867. The van der Waals surface area contributed by atoms with E-state index in [-0.39, 0.29) is 11.9 Å². The Hall–Kier alpha value is -2.14. The molecule has 2 aromatic rings. The molecule has 2 atom stereocenters. The molecule has 2 unspecified atom stereocenters. The Morgan fingerprint density at radius 2 is 2.22 bits per heavy atom. The Morgan fingerprint density at radius 1 is 1.39 bits per heavy atom.